The molecule has 8 heteroatoms. The summed E-state index contributed by atoms with van der Waals surface area (Å²) in [5.41, 5.74) is 0. The second-order valence-corrected chi connectivity index (χ2v) is 9.23. The number of hydrogen-bond acceptors (Lipinski definition) is 5. The van der Waals surface area contributed by atoms with Crippen molar-refractivity contribution >= 4 is 39.2 Å². The number of rotatable bonds is 5. The van der Waals surface area contributed by atoms with Crippen LogP contribution in [0.25, 0.3) is 0 Å². The van der Waals surface area contributed by atoms with Gasteiger partial charge < -0.3 is 4.74 Å². The van der Waals surface area contributed by atoms with Crippen LogP contribution in [-0.2, 0) is 14.6 Å². The maximum absolute atomic E-state index is 14.6. The summed E-state index contributed by atoms with van der Waals surface area (Å²) >= 11 is 7.05. The van der Waals surface area contributed by atoms with Crippen LogP contribution in [0.4, 0.5) is 4.39 Å². The minimum atomic E-state index is -3.81. The van der Waals surface area contributed by atoms with Crippen molar-refractivity contribution < 1.29 is 22.3 Å². The third-order valence-corrected chi connectivity index (χ3v) is 6.61. The first-order valence-electron chi connectivity index (χ1n) is 8.02. The van der Waals surface area contributed by atoms with Crippen LogP contribution in [0.15, 0.2) is 86.3 Å². The van der Waals surface area contributed by atoms with E-state index < -0.39 is 21.6 Å². The van der Waals surface area contributed by atoms with Crippen molar-refractivity contribution in [3.05, 3.63) is 77.6 Å². The van der Waals surface area contributed by atoms with Gasteiger partial charge in [0, 0.05) is 21.7 Å². The number of ether oxygens (including phenoxy) is 1. The third kappa shape index (κ3) is 4.73. The normalized spacial score (nSPS) is 11.2. The summed E-state index contributed by atoms with van der Waals surface area (Å²) in [6.45, 7) is 1.26. The Balaban J connectivity index is 1.90. The lowest BCUT2D eigenvalue weighted by Gasteiger charge is -2.09. The number of halogens is 2. The highest BCUT2D eigenvalue weighted by Crippen LogP contribution is 2.35. The molecule has 0 bridgehead atoms. The van der Waals surface area contributed by atoms with Gasteiger partial charge in [0.2, 0.25) is 9.84 Å². The van der Waals surface area contributed by atoms with Crippen LogP contribution < -0.4 is 4.74 Å². The number of carbonyl (C=O) groups is 1. The second-order valence-electron chi connectivity index (χ2n) is 5.73. The van der Waals surface area contributed by atoms with Gasteiger partial charge in [-0.25, -0.2) is 12.8 Å². The van der Waals surface area contributed by atoms with E-state index in [0.29, 0.717) is 9.92 Å². The Kier molecular flexibility index (Phi) is 6.07. The molecule has 3 aromatic carbocycles. The van der Waals surface area contributed by atoms with Crippen molar-refractivity contribution in [2.24, 2.45) is 0 Å². The van der Waals surface area contributed by atoms with Gasteiger partial charge in [0.05, 0.1) is 9.79 Å². The van der Waals surface area contributed by atoms with Gasteiger partial charge in [0.25, 0.3) is 0 Å². The minimum absolute atomic E-state index is 0.0932. The molecule has 3 rings (SSSR count). The fourth-order valence-corrected chi connectivity index (χ4v) is 4.91. The molecule has 0 aliphatic rings. The Hall–Kier alpha value is -2.35. The van der Waals surface area contributed by atoms with Gasteiger partial charge >= 0.3 is 5.97 Å². The molecule has 0 aromatic heterocycles. The second kappa shape index (κ2) is 8.34. The Labute approximate surface area is 171 Å². The van der Waals surface area contributed by atoms with Crippen LogP contribution >= 0.6 is 23.4 Å². The average Bonchev–Trinajstić information content (AvgIpc) is 2.63. The number of esters is 1. The van der Waals surface area contributed by atoms with Crippen LogP contribution in [0.2, 0.25) is 5.02 Å². The van der Waals surface area contributed by atoms with Gasteiger partial charge in [-0.2, -0.15) is 0 Å². The van der Waals surface area contributed by atoms with Crippen molar-refractivity contribution in [2.45, 2.75) is 26.5 Å². The smallest absolute Gasteiger partial charge is 0.308 e. The van der Waals surface area contributed by atoms with E-state index in [1.165, 1.54) is 37.3 Å². The highest BCUT2D eigenvalue weighted by Gasteiger charge is 2.19. The van der Waals surface area contributed by atoms with Gasteiger partial charge in [-0.15, -0.1) is 0 Å². The summed E-state index contributed by atoms with van der Waals surface area (Å²) in [4.78, 5) is 11.8. The van der Waals surface area contributed by atoms with E-state index in [0.717, 1.165) is 17.8 Å². The van der Waals surface area contributed by atoms with Crippen molar-refractivity contribution in [3.8, 4) is 5.75 Å². The highest BCUT2D eigenvalue weighted by molar-refractivity contribution is 7.99. The SMILES string of the molecule is CC(=O)Oc1cc(Cl)cc(Sc2ccc(S(=O)(=O)c3ccccc3)cc2F)c1. The molecule has 0 radical (unpaired) electrons. The quantitative estimate of drug-likeness (QED) is 0.396. The molecule has 4 nitrogen and oxygen atoms in total. The van der Waals surface area contributed by atoms with E-state index in [1.807, 2.05) is 0 Å². The van der Waals surface area contributed by atoms with E-state index in [1.54, 1.807) is 30.3 Å². The number of carbonyl (C=O) groups excluding carboxylic acids is 1. The number of hydrogen-bond donors (Lipinski definition) is 0. The predicted octanol–water partition coefficient (Wildman–Crippen LogP) is 5.39. The molecule has 3 aromatic rings. The van der Waals surface area contributed by atoms with Gasteiger partial charge in [-0.1, -0.05) is 41.6 Å². The summed E-state index contributed by atoms with van der Waals surface area (Å²) < 4.78 is 44.8. The zero-order valence-corrected chi connectivity index (χ0v) is 16.9. The fourth-order valence-electron chi connectivity index (χ4n) is 2.42. The molecule has 144 valence electrons. The largest absolute Gasteiger partial charge is 0.427 e. The van der Waals surface area contributed by atoms with Gasteiger partial charge in [-0.3, -0.25) is 4.79 Å². The molecule has 28 heavy (non-hydrogen) atoms. The summed E-state index contributed by atoms with van der Waals surface area (Å²) in [7, 11) is -3.81. The molecule has 0 spiro atoms. The lowest BCUT2D eigenvalue weighted by atomic mass is 10.3. The molecule has 0 N–H and O–H groups in total. The maximum atomic E-state index is 14.6. The molecule has 0 aliphatic carbocycles. The van der Waals surface area contributed by atoms with Crippen molar-refractivity contribution in [3.63, 3.8) is 0 Å². The molecule has 0 amide bonds. The minimum Gasteiger partial charge on any atom is -0.427 e. The van der Waals surface area contributed by atoms with Crippen LogP contribution in [0.3, 0.4) is 0 Å². The first-order chi connectivity index (χ1) is 13.3. The monoisotopic (exact) mass is 436 g/mol. The van der Waals surface area contributed by atoms with E-state index >= 15 is 0 Å². The summed E-state index contributed by atoms with van der Waals surface area (Å²) in [6, 6.07) is 16.2. The topological polar surface area (TPSA) is 60.4 Å². The number of sulfone groups is 1. The van der Waals surface area contributed by atoms with Crippen LogP contribution in [0.1, 0.15) is 6.92 Å². The van der Waals surface area contributed by atoms with Gasteiger partial charge in [-0.05, 0) is 48.5 Å². The Morgan fingerprint density at radius 2 is 1.71 bits per heavy atom. The van der Waals surface area contributed by atoms with Gasteiger partial charge in [0.1, 0.15) is 11.6 Å². The van der Waals surface area contributed by atoms with Crippen LogP contribution in [0, 0.1) is 5.82 Å². The highest BCUT2D eigenvalue weighted by atomic mass is 35.5. The zero-order valence-electron chi connectivity index (χ0n) is 14.6. The average molecular weight is 437 g/mol. The standard InChI is InChI=1S/C20H14ClFO4S2/c1-13(23)26-15-9-14(21)10-16(11-15)27-20-8-7-18(12-19(20)22)28(24,25)17-5-3-2-4-6-17/h2-12H,1H3. The van der Waals surface area contributed by atoms with E-state index in [2.05, 4.69) is 0 Å². The Morgan fingerprint density at radius 1 is 1.00 bits per heavy atom. The van der Waals surface area contributed by atoms with Crippen molar-refractivity contribution in [1.82, 2.24) is 0 Å². The van der Waals surface area contributed by atoms with Crippen molar-refractivity contribution in [1.29, 1.82) is 0 Å². The molecule has 0 heterocycles. The Morgan fingerprint density at radius 3 is 2.36 bits per heavy atom. The molecular formula is C20H14ClFO4S2. The molecule has 0 aliphatic heterocycles. The molecular weight excluding hydrogens is 423 g/mol. The van der Waals surface area contributed by atoms with Crippen LogP contribution in [-0.4, -0.2) is 14.4 Å². The Bertz CT molecular complexity index is 1130. The van der Waals surface area contributed by atoms with E-state index in [4.69, 9.17) is 16.3 Å². The zero-order chi connectivity index (χ0) is 20.3. The lowest BCUT2D eigenvalue weighted by Crippen LogP contribution is -2.02. The predicted molar refractivity (Wildman–Crippen MR) is 105 cm³/mol. The molecule has 0 fully saturated rings. The molecule has 0 unspecified atom stereocenters. The van der Waals surface area contributed by atoms with Gasteiger partial charge in [0.15, 0.2) is 0 Å². The van der Waals surface area contributed by atoms with Crippen molar-refractivity contribution in [2.75, 3.05) is 0 Å². The molecule has 0 saturated heterocycles. The summed E-state index contributed by atoms with van der Waals surface area (Å²) in [5, 5.41) is 0.324. The third-order valence-electron chi connectivity index (χ3n) is 3.60. The van der Waals surface area contributed by atoms with Crippen LogP contribution in [0.5, 0.6) is 5.75 Å². The summed E-state index contributed by atoms with van der Waals surface area (Å²) in [6.07, 6.45) is 0. The lowest BCUT2D eigenvalue weighted by molar-refractivity contribution is -0.131. The van der Waals surface area contributed by atoms with E-state index in [9.17, 15) is 17.6 Å². The summed E-state index contributed by atoms with van der Waals surface area (Å²) in [5.74, 6) is -0.943. The first kappa shape index (κ1) is 20.4. The fraction of sp³-hybridized carbons (Fsp3) is 0.0500. The molecule has 0 atom stereocenters. The maximum Gasteiger partial charge on any atom is 0.308 e. The van der Waals surface area contributed by atoms with E-state index in [-0.39, 0.29) is 20.4 Å². The number of benzene rings is 3. The first-order valence-corrected chi connectivity index (χ1v) is 10.7. The molecule has 0 saturated carbocycles.